The van der Waals surface area contributed by atoms with Crippen LogP contribution in [0.3, 0.4) is 0 Å². The van der Waals surface area contributed by atoms with Gasteiger partial charge < -0.3 is 10.6 Å². The Bertz CT molecular complexity index is 608. The van der Waals surface area contributed by atoms with Crippen LogP contribution < -0.4 is 10.6 Å². The molecule has 2 heterocycles. The second-order valence-corrected chi connectivity index (χ2v) is 5.69. The molecule has 1 aromatic carbocycles. The zero-order valence-corrected chi connectivity index (χ0v) is 13.9. The number of aromatic nitrogens is 2. The van der Waals surface area contributed by atoms with Crippen LogP contribution in [0.2, 0.25) is 0 Å². The van der Waals surface area contributed by atoms with E-state index in [1.807, 2.05) is 28.9 Å². The first-order valence-corrected chi connectivity index (χ1v) is 7.90. The van der Waals surface area contributed by atoms with E-state index in [0.29, 0.717) is 0 Å². The molecule has 0 bridgehead atoms. The highest BCUT2D eigenvalue weighted by Gasteiger charge is 2.21. The lowest BCUT2D eigenvalue weighted by Crippen LogP contribution is -2.35. The van der Waals surface area contributed by atoms with E-state index in [2.05, 4.69) is 27.9 Å². The van der Waals surface area contributed by atoms with Crippen molar-refractivity contribution in [1.82, 2.24) is 15.1 Å². The first-order chi connectivity index (χ1) is 10.8. The number of hydrogen-bond donors (Lipinski definition) is 2. The van der Waals surface area contributed by atoms with Gasteiger partial charge in [0.15, 0.2) is 0 Å². The third-order valence-electron chi connectivity index (χ3n) is 4.13. The smallest absolute Gasteiger partial charge is 0.228 e. The number of amides is 1. The molecule has 3 rings (SSSR count). The fourth-order valence-electron chi connectivity index (χ4n) is 2.81. The van der Waals surface area contributed by atoms with E-state index in [9.17, 15) is 4.79 Å². The maximum Gasteiger partial charge on any atom is 0.228 e. The maximum absolute atomic E-state index is 12.3. The van der Waals surface area contributed by atoms with Crippen LogP contribution in [0.4, 0.5) is 5.82 Å². The van der Waals surface area contributed by atoms with Gasteiger partial charge in [0.05, 0.1) is 6.20 Å². The van der Waals surface area contributed by atoms with E-state index in [0.717, 1.165) is 44.7 Å². The number of aryl methyl sites for hydroxylation is 2. The third kappa shape index (κ3) is 4.81. The van der Waals surface area contributed by atoms with Crippen LogP contribution in [0.25, 0.3) is 0 Å². The lowest BCUT2D eigenvalue weighted by atomic mass is 9.97. The Balaban J connectivity index is 0.00000192. The number of carbonyl (C=O) groups excluding carboxylic acids is 1. The molecule has 1 aliphatic rings. The Morgan fingerprint density at radius 3 is 2.70 bits per heavy atom. The minimum absolute atomic E-state index is 0. The van der Waals surface area contributed by atoms with Crippen molar-refractivity contribution in [2.45, 2.75) is 25.8 Å². The van der Waals surface area contributed by atoms with Crippen LogP contribution in [-0.2, 0) is 17.8 Å². The highest BCUT2D eigenvalue weighted by atomic mass is 35.5. The quantitative estimate of drug-likeness (QED) is 0.883. The largest absolute Gasteiger partial charge is 0.317 e. The maximum atomic E-state index is 12.3. The second kappa shape index (κ2) is 8.70. The monoisotopic (exact) mass is 334 g/mol. The van der Waals surface area contributed by atoms with Gasteiger partial charge >= 0.3 is 0 Å². The molecule has 6 heteroatoms. The van der Waals surface area contributed by atoms with Crippen LogP contribution in [0.5, 0.6) is 0 Å². The molecule has 0 atom stereocenters. The van der Waals surface area contributed by atoms with Crippen molar-refractivity contribution in [3.8, 4) is 0 Å². The molecular formula is C17H23ClN4O. The Morgan fingerprint density at radius 2 is 1.96 bits per heavy atom. The molecule has 0 spiro atoms. The summed E-state index contributed by atoms with van der Waals surface area (Å²) >= 11 is 0. The van der Waals surface area contributed by atoms with Gasteiger partial charge in [-0.05, 0) is 37.9 Å². The minimum Gasteiger partial charge on any atom is -0.317 e. The highest BCUT2D eigenvalue weighted by molar-refractivity contribution is 5.91. The number of carbonyl (C=O) groups is 1. The van der Waals surface area contributed by atoms with Gasteiger partial charge in [-0.15, -0.1) is 12.4 Å². The van der Waals surface area contributed by atoms with Crippen LogP contribution in [0, 0.1) is 5.92 Å². The van der Waals surface area contributed by atoms with E-state index in [1.165, 1.54) is 5.56 Å². The number of rotatable bonds is 5. The molecule has 1 aliphatic heterocycles. The first-order valence-electron chi connectivity index (χ1n) is 7.90. The summed E-state index contributed by atoms with van der Waals surface area (Å²) in [5, 5.41) is 10.6. The third-order valence-corrected chi connectivity index (χ3v) is 4.13. The molecule has 1 fully saturated rings. The number of halogens is 1. The van der Waals surface area contributed by atoms with Crippen LogP contribution >= 0.6 is 12.4 Å². The molecule has 0 radical (unpaired) electrons. The molecule has 5 nitrogen and oxygen atoms in total. The minimum atomic E-state index is 0. The molecule has 23 heavy (non-hydrogen) atoms. The molecule has 2 aromatic rings. The topological polar surface area (TPSA) is 59.0 Å². The molecule has 1 amide bonds. The van der Waals surface area contributed by atoms with Gasteiger partial charge in [-0.1, -0.05) is 30.3 Å². The van der Waals surface area contributed by atoms with Crippen molar-refractivity contribution in [3.63, 3.8) is 0 Å². The molecule has 1 aromatic heterocycles. The predicted molar refractivity (Wildman–Crippen MR) is 93.8 cm³/mol. The summed E-state index contributed by atoms with van der Waals surface area (Å²) in [6.45, 7) is 2.61. The summed E-state index contributed by atoms with van der Waals surface area (Å²) < 4.78 is 1.87. The molecular weight excluding hydrogens is 312 g/mol. The van der Waals surface area contributed by atoms with Crippen molar-refractivity contribution >= 4 is 24.1 Å². The van der Waals surface area contributed by atoms with Crippen molar-refractivity contribution in [2.75, 3.05) is 18.4 Å². The standard InChI is InChI=1S/C17H22N4O.ClH/c22-17(15-6-10-18-11-7-15)20-16-8-12-19-21(16)13-9-14-4-2-1-3-5-14;/h1-5,8,12,15,18H,6-7,9-11,13H2,(H,20,22);1H. The van der Waals surface area contributed by atoms with Crippen molar-refractivity contribution in [1.29, 1.82) is 0 Å². The number of benzene rings is 1. The van der Waals surface area contributed by atoms with Gasteiger partial charge in [0.2, 0.25) is 5.91 Å². The van der Waals surface area contributed by atoms with Crippen molar-refractivity contribution in [2.24, 2.45) is 5.92 Å². The van der Waals surface area contributed by atoms with E-state index in [4.69, 9.17) is 0 Å². The summed E-state index contributed by atoms with van der Waals surface area (Å²) in [6, 6.07) is 12.2. The lowest BCUT2D eigenvalue weighted by Gasteiger charge is -2.21. The molecule has 124 valence electrons. The van der Waals surface area contributed by atoms with Crippen molar-refractivity contribution in [3.05, 3.63) is 48.2 Å². The van der Waals surface area contributed by atoms with E-state index >= 15 is 0 Å². The number of hydrogen-bond acceptors (Lipinski definition) is 3. The van der Waals surface area contributed by atoms with Crippen LogP contribution in [0.1, 0.15) is 18.4 Å². The van der Waals surface area contributed by atoms with Gasteiger partial charge in [-0.25, -0.2) is 4.68 Å². The predicted octanol–water partition coefficient (Wildman–Crippen LogP) is 2.49. The normalized spacial score (nSPS) is 15.0. The Morgan fingerprint density at radius 1 is 1.22 bits per heavy atom. The van der Waals surface area contributed by atoms with Crippen LogP contribution in [-0.4, -0.2) is 28.8 Å². The van der Waals surface area contributed by atoms with Gasteiger partial charge in [0, 0.05) is 18.5 Å². The molecule has 1 saturated heterocycles. The van der Waals surface area contributed by atoms with E-state index < -0.39 is 0 Å². The van der Waals surface area contributed by atoms with E-state index in [1.54, 1.807) is 6.20 Å². The second-order valence-electron chi connectivity index (χ2n) is 5.69. The summed E-state index contributed by atoms with van der Waals surface area (Å²) in [7, 11) is 0. The number of nitrogens with one attached hydrogen (secondary N) is 2. The fourth-order valence-corrected chi connectivity index (χ4v) is 2.81. The van der Waals surface area contributed by atoms with E-state index in [-0.39, 0.29) is 24.2 Å². The SMILES string of the molecule is Cl.O=C(Nc1ccnn1CCc1ccccc1)C1CCNCC1. The van der Waals surface area contributed by atoms with Gasteiger partial charge in [0.1, 0.15) is 5.82 Å². The molecule has 2 N–H and O–H groups in total. The Labute approximate surface area is 142 Å². The van der Waals surface area contributed by atoms with Crippen LogP contribution in [0.15, 0.2) is 42.6 Å². The number of nitrogens with zero attached hydrogens (tertiary/aromatic N) is 2. The van der Waals surface area contributed by atoms with Gasteiger partial charge in [-0.2, -0.15) is 5.10 Å². The summed E-state index contributed by atoms with van der Waals surface area (Å²) in [5.74, 6) is 1.01. The van der Waals surface area contributed by atoms with Gasteiger partial charge in [-0.3, -0.25) is 4.79 Å². The van der Waals surface area contributed by atoms with Crippen molar-refractivity contribution < 1.29 is 4.79 Å². The number of piperidine rings is 1. The zero-order chi connectivity index (χ0) is 15.2. The highest BCUT2D eigenvalue weighted by Crippen LogP contribution is 2.16. The number of anilines is 1. The summed E-state index contributed by atoms with van der Waals surface area (Å²) in [5.41, 5.74) is 1.27. The molecule has 0 unspecified atom stereocenters. The van der Waals surface area contributed by atoms with Gasteiger partial charge in [0.25, 0.3) is 0 Å². The average Bonchev–Trinajstić information content (AvgIpc) is 3.02. The first kappa shape index (κ1) is 17.5. The summed E-state index contributed by atoms with van der Waals surface area (Å²) in [4.78, 5) is 12.3. The fraction of sp³-hybridized carbons (Fsp3) is 0.412. The molecule has 0 saturated carbocycles. The molecule has 0 aliphatic carbocycles. The Kier molecular flexibility index (Phi) is 6.62. The lowest BCUT2D eigenvalue weighted by molar-refractivity contribution is -0.120. The average molecular weight is 335 g/mol. The zero-order valence-electron chi connectivity index (χ0n) is 13.1. The Hall–Kier alpha value is -1.85. The summed E-state index contributed by atoms with van der Waals surface area (Å²) in [6.07, 6.45) is 4.45.